The van der Waals surface area contributed by atoms with E-state index in [0.717, 1.165) is 11.3 Å². The van der Waals surface area contributed by atoms with Crippen molar-refractivity contribution in [1.29, 1.82) is 0 Å². The average Bonchev–Trinajstić information content (AvgIpc) is 3.17. The first-order valence-corrected chi connectivity index (χ1v) is 10.2. The van der Waals surface area contributed by atoms with E-state index in [1.807, 2.05) is 13.0 Å². The Balaban J connectivity index is 2.05. The molecule has 1 aromatic heterocycles. The molecular formula is C15H14N2O3S3. The maximum Gasteiger partial charge on any atom is 0.294 e. The minimum Gasteiger partial charge on any atom is -0.273 e. The highest BCUT2D eigenvalue weighted by Gasteiger charge is 2.39. The Labute approximate surface area is 143 Å². The second kappa shape index (κ2) is 6.46. The van der Waals surface area contributed by atoms with Gasteiger partial charge in [0.1, 0.15) is 4.21 Å². The first-order chi connectivity index (χ1) is 11.0. The van der Waals surface area contributed by atoms with Gasteiger partial charge in [-0.3, -0.25) is 9.69 Å². The first kappa shape index (κ1) is 16.2. The average molecular weight is 366 g/mol. The molecule has 120 valence electrons. The standard InChI is InChI=1S/C15H14N2O3S3/c1-2-12-14(18)17(11-7-4-3-5-8-11)15(22-12)16-23(19,20)13-9-6-10-21-13/h3-10,12H,2H2,1H3/b16-15+. The zero-order chi connectivity index (χ0) is 16.4. The van der Waals surface area contributed by atoms with Gasteiger partial charge in [-0.05, 0) is 30.0 Å². The van der Waals surface area contributed by atoms with Crippen LogP contribution >= 0.6 is 23.1 Å². The van der Waals surface area contributed by atoms with Gasteiger partial charge in [0, 0.05) is 0 Å². The Morgan fingerprint density at radius 3 is 2.52 bits per heavy atom. The van der Waals surface area contributed by atoms with Crippen molar-refractivity contribution in [3.05, 3.63) is 47.8 Å². The van der Waals surface area contributed by atoms with Crippen LogP contribution in [-0.4, -0.2) is 24.7 Å². The van der Waals surface area contributed by atoms with Crippen LogP contribution in [0.1, 0.15) is 13.3 Å². The number of hydrogen-bond acceptors (Lipinski definition) is 5. The van der Waals surface area contributed by atoms with Crippen molar-refractivity contribution in [3.63, 3.8) is 0 Å². The van der Waals surface area contributed by atoms with Gasteiger partial charge in [-0.1, -0.05) is 43.0 Å². The summed E-state index contributed by atoms with van der Waals surface area (Å²) in [6, 6.07) is 12.2. The van der Waals surface area contributed by atoms with Crippen molar-refractivity contribution in [2.75, 3.05) is 4.90 Å². The Hall–Kier alpha value is -1.64. The largest absolute Gasteiger partial charge is 0.294 e. The summed E-state index contributed by atoms with van der Waals surface area (Å²) in [5.74, 6) is -0.135. The molecule has 23 heavy (non-hydrogen) atoms. The number of para-hydroxylation sites is 1. The lowest BCUT2D eigenvalue weighted by molar-refractivity contribution is -0.116. The fourth-order valence-electron chi connectivity index (χ4n) is 2.16. The van der Waals surface area contributed by atoms with Gasteiger partial charge in [0.15, 0.2) is 5.17 Å². The van der Waals surface area contributed by atoms with Crippen molar-refractivity contribution in [2.45, 2.75) is 22.8 Å². The number of thioether (sulfide) groups is 1. The van der Waals surface area contributed by atoms with Crippen LogP contribution in [0, 0.1) is 0 Å². The van der Waals surface area contributed by atoms with Gasteiger partial charge in [-0.15, -0.1) is 15.7 Å². The molecule has 2 heterocycles. The van der Waals surface area contributed by atoms with E-state index in [4.69, 9.17) is 0 Å². The number of rotatable bonds is 4. The molecule has 0 spiro atoms. The van der Waals surface area contributed by atoms with E-state index in [1.54, 1.807) is 35.7 Å². The summed E-state index contributed by atoms with van der Waals surface area (Å²) < 4.78 is 28.9. The first-order valence-electron chi connectivity index (χ1n) is 6.97. The lowest BCUT2D eigenvalue weighted by Crippen LogP contribution is -2.32. The molecule has 5 nitrogen and oxygen atoms in total. The fraction of sp³-hybridized carbons (Fsp3) is 0.200. The Kier molecular flexibility index (Phi) is 4.56. The number of carbonyl (C=O) groups is 1. The molecule has 0 saturated carbocycles. The monoisotopic (exact) mass is 366 g/mol. The van der Waals surface area contributed by atoms with Crippen LogP contribution in [0.5, 0.6) is 0 Å². The number of sulfonamides is 1. The third kappa shape index (κ3) is 3.19. The minimum absolute atomic E-state index is 0.135. The van der Waals surface area contributed by atoms with Gasteiger partial charge in [0.25, 0.3) is 10.0 Å². The molecule has 1 amide bonds. The number of benzene rings is 1. The lowest BCUT2D eigenvalue weighted by Gasteiger charge is -2.15. The molecule has 0 aliphatic carbocycles. The summed E-state index contributed by atoms with van der Waals surface area (Å²) in [4.78, 5) is 13.9. The van der Waals surface area contributed by atoms with E-state index >= 15 is 0 Å². The Morgan fingerprint density at radius 2 is 1.91 bits per heavy atom. The summed E-state index contributed by atoms with van der Waals surface area (Å²) in [6.07, 6.45) is 0.616. The molecule has 8 heteroatoms. The van der Waals surface area contributed by atoms with Gasteiger partial charge >= 0.3 is 0 Å². The normalized spacial score (nSPS) is 20.4. The second-order valence-corrected chi connectivity index (χ2v) is 8.75. The van der Waals surface area contributed by atoms with Crippen molar-refractivity contribution in [2.24, 2.45) is 4.40 Å². The number of thiophene rings is 1. The summed E-state index contributed by atoms with van der Waals surface area (Å²) in [5.41, 5.74) is 0.626. The van der Waals surface area contributed by atoms with Crippen molar-refractivity contribution in [1.82, 2.24) is 0 Å². The predicted molar refractivity (Wildman–Crippen MR) is 94.5 cm³/mol. The van der Waals surface area contributed by atoms with Crippen LogP contribution in [0.2, 0.25) is 0 Å². The quantitative estimate of drug-likeness (QED) is 0.832. The molecule has 0 radical (unpaired) electrons. The van der Waals surface area contributed by atoms with Crippen LogP contribution in [0.3, 0.4) is 0 Å². The minimum atomic E-state index is -3.80. The summed E-state index contributed by atoms with van der Waals surface area (Å²) in [7, 11) is -3.80. The van der Waals surface area contributed by atoms with Crippen LogP contribution in [-0.2, 0) is 14.8 Å². The highest BCUT2D eigenvalue weighted by molar-refractivity contribution is 8.16. The highest BCUT2D eigenvalue weighted by Crippen LogP contribution is 2.34. The second-order valence-electron chi connectivity index (χ2n) is 4.80. The summed E-state index contributed by atoms with van der Waals surface area (Å²) in [5, 5.41) is 1.58. The lowest BCUT2D eigenvalue weighted by atomic mass is 10.2. The number of carbonyl (C=O) groups excluding carboxylic acids is 1. The number of amidine groups is 1. The molecule has 0 bridgehead atoms. The molecule has 1 aliphatic rings. The molecule has 1 fully saturated rings. The maximum absolute atomic E-state index is 12.6. The number of nitrogens with zero attached hydrogens (tertiary/aromatic N) is 2. The molecule has 3 rings (SSSR count). The number of amides is 1. The third-order valence-electron chi connectivity index (χ3n) is 3.27. The van der Waals surface area contributed by atoms with Crippen molar-refractivity contribution in [3.8, 4) is 0 Å². The smallest absolute Gasteiger partial charge is 0.273 e. The molecular weight excluding hydrogens is 352 g/mol. The van der Waals surface area contributed by atoms with E-state index < -0.39 is 10.0 Å². The van der Waals surface area contributed by atoms with Crippen molar-refractivity contribution >= 4 is 49.9 Å². The zero-order valence-corrected chi connectivity index (χ0v) is 14.7. The molecule has 1 atom stereocenters. The van der Waals surface area contributed by atoms with Crippen LogP contribution in [0.15, 0.2) is 56.5 Å². The maximum atomic E-state index is 12.6. The Morgan fingerprint density at radius 1 is 1.17 bits per heavy atom. The Bertz CT molecular complexity index is 830. The third-order valence-corrected chi connectivity index (χ3v) is 7.33. The number of anilines is 1. The van der Waals surface area contributed by atoms with E-state index in [2.05, 4.69) is 4.40 Å². The zero-order valence-electron chi connectivity index (χ0n) is 12.2. The van der Waals surface area contributed by atoms with Crippen LogP contribution in [0.25, 0.3) is 0 Å². The van der Waals surface area contributed by atoms with Crippen LogP contribution in [0.4, 0.5) is 5.69 Å². The van der Waals surface area contributed by atoms with Gasteiger partial charge in [0.2, 0.25) is 5.91 Å². The molecule has 2 aromatic rings. The molecule has 0 N–H and O–H groups in total. The topological polar surface area (TPSA) is 66.8 Å². The summed E-state index contributed by atoms with van der Waals surface area (Å²) >= 11 is 2.31. The number of hydrogen-bond donors (Lipinski definition) is 0. The van der Waals surface area contributed by atoms with Gasteiger partial charge in [-0.25, -0.2) is 0 Å². The fourth-order valence-corrected chi connectivity index (χ4v) is 5.40. The van der Waals surface area contributed by atoms with E-state index in [0.29, 0.717) is 12.1 Å². The van der Waals surface area contributed by atoms with Gasteiger partial charge in [0.05, 0.1) is 10.9 Å². The molecule has 1 aromatic carbocycles. The molecule has 1 unspecified atom stereocenters. The predicted octanol–water partition coefficient (Wildman–Crippen LogP) is 3.35. The summed E-state index contributed by atoms with van der Waals surface area (Å²) in [6.45, 7) is 1.90. The SMILES string of the molecule is CCC1S/C(=N/S(=O)(=O)c2cccs2)N(c2ccccc2)C1=O. The van der Waals surface area contributed by atoms with Crippen LogP contribution < -0.4 is 4.90 Å². The van der Waals surface area contributed by atoms with E-state index in [-0.39, 0.29) is 20.5 Å². The van der Waals surface area contributed by atoms with Gasteiger partial charge in [-0.2, -0.15) is 8.42 Å². The van der Waals surface area contributed by atoms with E-state index in [9.17, 15) is 13.2 Å². The molecule has 1 aliphatic heterocycles. The highest BCUT2D eigenvalue weighted by atomic mass is 32.2. The van der Waals surface area contributed by atoms with E-state index in [1.165, 1.54) is 22.7 Å². The van der Waals surface area contributed by atoms with Crippen molar-refractivity contribution < 1.29 is 13.2 Å². The van der Waals surface area contributed by atoms with Gasteiger partial charge < -0.3 is 0 Å². The molecule has 1 saturated heterocycles.